The monoisotopic (exact) mass is 415 g/mol. The Kier molecular flexibility index (Phi) is 5.66. The van der Waals surface area contributed by atoms with E-state index in [0.29, 0.717) is 16.3 Å². The maximum absolute atomic E-state index is 12.9. The molecule has 2 N–H and O–H groups in total. The molecule has 1 aliphatic heterocycles. The summed E-state index contributed by atoms with van der Waals surface area (Å²) in [6.07, 6.45) is 0. The molecule has 0 aliphatic carbocycles. The van der Waals surface area contributed by atoms with Gasteiger partial charge < -0.3 is 15.4 Å². The fraction of sp³-hybridized carbons (Fsp3) is 0.381. The second-order valence-electron chi connectivity index (χ2n) is 7.41. The number of amides is 2. The summed E-state index contributed by atoms with van der Waals surface area (Å²) >= 11 is 1.32. The number of anilines is 3. The van der Waals surface area contributed by atoms with Crippen LogP contribution >= 0.6 is 11.3 Å². The molecule has 0 saturated carbocycles. The average Bonchev–Trinajstić information content (AvgIpc) is 2.92. The number of thiophene rings is 1. The number of nitrogens with zero attached hydrogens (tertiary/aromatic N) is 1. The van der Waals surface area contributed by atoms with E-state index < -0.39 is 11.5 Å². The topological polar surface area (TPSA) is 87.7 Å². The van der Waals surface area contributed by atoms with Crippen molar-refractivity contribution in [1.82, 2.24) is 0 Å². The van der Waals surface area contributed by atoms with E-state index in [1.165, 1.54) is 16.2 Å². The molecule has 8 heteroatoms. The molecule has 0 bridgehead atoms. The average molecular weight is 416 g/mol. The zero-order valence-electron chi connectivity index (χ0n) is 17.2. The van der Waals surface area contributed by atoms with Gasteiger partial charge in [-0.1, -0.05) is 12.1 Å². The summed E-state index contributed by atoms with van der Waals surface area (Å²) in [6.45, 7) is 9.10. The number of rotatable bonds is 5. The number of esters is 1. The van der Waals surface area contributed by atoms with Crippen LogP contribution in [0.4, 0.5) is 16.4 Å². The first-order valence-electron chi connectivity index (χ1n) is 9.41. The van der Waals surface area contributed by atoms with Crippen molar-refractivity contribution in [1.29, 1.82) is 0 Å². The van der Waals surface area contributed by atoms with Crippen molar-refractivity contribution >= 4 is 45.5 Å². The van der Waals surface area contributed by atoms with E-state index in [0.717, 1.165) is 16.1 Å². The van der Waals surface area contributed by atoms with Gasteiger partial charge in [-0.3, -0.25) is 14.5 Å². The van der Waals surface area contributed by atoms with E-state index >= 15 is 0 Å². The predicted octanol–water partition coefficient (Wildman–Crippen LogP) is 3.72. The number of ether oxygens (including phenoxy) is 1. The highest BCUT2D eigenvalue weighted by molar-refractivity contribution is 7.16. The lowest BCUT2D eigenvalue weighted by atomic mass is 9.98. The minimum atomic E-state index is -0.833. The lowest BCUT2D eigenvalue weighted by Gasteiger charge is -2.39. The Balaban J connectivity index is 1.86. The van der Waals surface area contributed by atoms with Crippen molar-refractivity contribution in [2.75, 3.05) is 28.7 Å². The van der Waals surface area contributed by atoms with Gasteiger partial charge in [0.15, 0.2) is 0 Å². The molecule has 0 saturated heterocycles. The number of hydrogen-bond acceptors (Lipinski definition) is 6. The van der Waals surface area contributed by atoms with Crippen molar-refractivity contribution < 1.29 is 19.1 Å². The van der Waals surface area contributed by atoms with Crippen LogP contribution in [0.1, 0.15) is 41.6 Å². The van der Waals surface area contributed by atoms with Crippen LogP contribution in [0, 0.1) is 13.8 Å². The number of carbonyl (C=O) groups excluding carboxylic acids is 3. The number of carbonyl (C=O) groups is 3. The number of benzene rings is 1. The van der Waals surface area contributed by atoms with E-state index in [1.807, 2.05) is 32.0 Å². The Morgan fingerprint density at radius 3 is 2.62 bits per heavy atom. The van der Waals surface area contributed by atoms with E-state index in [4.69, 9.17) is 4.74 Å². The summed E-state index contributed by atoms with van der Waals surface area (Å²) < 4.78 is 5.13. The molecular formula is C21H25N3O4S. The minimum absolute atomic E-state index is 0.154. The highest BCUT2D eigenvalue weighted by Gasteiger charge is 2.39. The number of nitrogens with one attached hydrogen (secondary N) is 2. The first kappa shape index (κ1) is 20.9. The van der Waals surface area contributed by atoms with Gasteiger partial charge in [0.25, 0.3) is 5.91 Å². The molecule has 0 spiro atoms. The molecule has 154 valence electrons. The Morgan fingerprint density at radius 2 is 1.93 bits per heavy atom. The van der Waals surface area contributed by atoms with Crippen LogP contribution in [0.15, 0.2) is 24.3 Å². The second-order valence-corrected chi connectivity index (χ2v) is 8.64. The summed E-state index contributed by atoms with van der Waals surface area (Å²) in [5, 5.41) is 6.45. The van der Waals surface area contributed by atoms with Crippen LogP contribution in [0.25, 0.3) is 0 Å². The molecule has 7 nitrogen and oxygen atoms in total. The zero-order chi connectivity index (χ0) is 21.3. The molecule has 2 aromatic rings. The van der Waals surface area contributed by atoms with E-state index in [1.54, 1.807) is 26.8 Å². The second kappa shape index (κ2) is 7.87. The third kappa shape index (κ3) is 3.98. The molecule has 1 aliphatic rings. The standard InChI is InChI=1S/C21H25N3O4S/c1-6-28-19(26)17-12(2)13(3)29-18(17)22-16(25)11-24-15-10-8-7-9-14(15)23-21(4,5)20(24)27/h7-10,23H,6,11H2,1-5H3,(H,22,25). The predicted molar refractivity (Wildman–Crippen MR) is 115 cm³/mol. The summed E-state index contributed by atoms with van der Waals surface area (Å²) in [4.78, 5) is 40.5. The summed E-state index contributed by atoms with van der Waals surface area (Å²) in [5.41, 5.74) is 1.76. The molecule has 3 rings (SSSR count). The molecule has 2 amide bonds. The molecule has 1 aromatic heterocycles. The Labute approximate surface area is 174 Å². The maximum atomic E-state index is 12.9. The molecule has 0 radical (unpaired) electrons. The van der Waals surface area contributed by atoms with E-state index in [9.17, 15) is 14.4 Å². The summed E-state index contributed by atoms with van der Waals surface area (Å²) in [6, 6.07) is 7.37. The van der Waals surface area contributed by atoms with Gasteiger partial charge in [-0.2, -0.15) is 0 Å². The van der Waals surface area contributed by atoms with Gasteiger partial charge in [0.1, 0.15) is 17.1 Å². The van der Waals surface area contributed by atoms with Crippen molar-refractivity contribution in [3.63, 3.8) is 0 Å². The van der Waals surface area contributed by atoms with Gasteiger partial charge in [0, 0.05) is 4.88 Å². The van der Waals surface area contributed by atoms with Crippen molar-refractivity contribution in [3.8, 4) is 0 Å². The first-order valence-corrected chi connectivity index (χ1v) is 10.2. The Hall–Kier alpha value is -2.87. The highest BCUT2D eigenvalue weighted by Crippen LogP contribution is 2.36. The van der Waals surface area contributed by atoms with Gasteiger partial charge in [-0.15, -0.1) is 11.3 Å². The zero-order valence-corrected chi connectivity index (χ0v) is 18.0. The SMILES string of the molecule is CCOC(=O)c1c(NC(=O)CN2C(=O)C(C)(C)Nc3ccccc32)sc(C)c1C. The lowest BCUT2D eigenvalue weighted by molar-refractivity contribution is -0.124. The third-order valence-corrected chi connectivity index (χ3v) is 5.96. The molecule has 0 fully saturated rings. The number of aryl methyl sites for hydroxylation is 1. The third-order valence-electron chi connectivity index (χ3n) is 4.84. The van der Waals surface area contributed by atoms with Crippen LogP contribution in [0.2, 0.25) is 0 Å². The minimum Gasteiger partial charge on any atom is -0.462 e. The van der Waals surface area contributed by atoms with Crippen LogP contribution in [-0.2, 0) is 14.3 Å². The summed E-state index contributed by atoms with van der Waals surface area (Å²) in [5.74, 6) is -1.04. The molecule has 0 unspecified atom stereocenters. The number of para-hydroxylation sites is 2. The van der Waals surface area contributed by atoms with Crippen molar-refractivity contribution in [2.45, 2.75) is 40.2 Å². The molecule has 29 heavy (non-hydrogen) atoms. The van der Waals surface area contributed by atoms with Crippen LogP contribution in [0.3, 0.4) is 0 Å². The molecule has 2 heterocycles. The van der Waals surface area contributed by atoms with Crippen LogP contribution < -0.4 is 15.5 Å². The fourth-order valence-corrected chi connectivity index (χ4v) is 4.35. The van der Waals surface area contributed by atoms with Crippen LogP contribution in [-0.4, -0.2) is 36.5 Å². The van der Waals surface area contributed by atoms with Crippen LogP contribution in [0.5, 0.6) is 0 Å². The number of fused-ring (bicyclic) bond motifs is 1. The van der Waals surface area contributed by atoms with Gasteiger partial charge in [-0.25, -0.2) is 4.79 Å². The molecular weight excluding hydrogens is 390 g/mol. The van der Waals surface area contributed by atoms with Crippen molar-refractivity contribution in [3.05, 3.63) is 40.3 Å². The largest absolute Gasteiger partial charge is 0.462 e. The van der Waals surface area contributed by atoms with E-state index in [-0.39, 0.29) is 25.0 Å². The first-order chi connectivity index (χ1) is 13.7. The Morgan fingerprint density at radius 1 is 1.24 bits per heavy atom. The Bertz CT molecular complexity index is 980. The number of hydrogen-bond donors (Lipinski definition) is 2. The van der Waals surface area contributed by atoms with E-state index in [2.05, 4.69) is 10.6 Å². The van der Waals surface area contributed by atoms with Gasteiger partial charge in [0.05, 0.1) is 23.5 Å². The van der Waals surface area contributed by atoms with Gasteiger partial charge in [0.2, 0.25) is 5.91 Å². The fourth-order valence-electron chi connectivity index (χ4n) is 3.28. The maximum Gasteiger partial charge on any atom is 0.341 e. The smallest absolute Gasteiger partial charge is 0.341 e. The van der Waals surface area contributed by atoms with Crippen molar-refractivity contribution in [2.24, 2.45) is 0 Å². The quantitative estimate of drug-likeness (QED) is 0.727. The molecule has 0 atom stereocenters. The van der Waals surface area contributed by atoms with Gasteiger partial charge in [-0.05, 0) is 52.3 Å². The lowest BCUT2D eigenvalue weighted by Crippen LogP contribution is -2.55. The van der Waals surface area contributed by atoms with Gasteiger partial charge >= 0.3 is 5.97 Å². The summed E-state index contributed by atoms with van der Waals surface area (Å²) in [7, 11) is 0. The normalized spacial score (nSPS) is 14.8. The molecule has 1 aromatic carbocycles. The highest BCUT2D eigenvalue weighted by atomic mass is 32.1.